The van der Waals surface area contributed by atoms with Crippen molar-refractivity contribution < 1.29 is 42.8 Å². The van der Waals surface area contributed by atoms with Crippen LogP contribution in [0.2, 0.25) is 0 Å². The van der Waals surface area contributed by atoms with Crippen molar-refractivity contribution in [3.8, 4) is 11.5 Å². The van der Waals surface area contributed by atoms with Gasteiger partial charge in [-0.3, -0.25) is 0 Å². The predicted molar refractivity (Wildman–Crippen MR) is 56.2 cm³/mol. The normalized spacial score (nSPS) is 13.1. The first-order valence-corrected chi connectivity index (χ1v) is 6.73. The summed E-state index contributed by atoms with van der Waals surface area (Å²) in [7, 11) is -4.94. The van der Waals surface area contributed by atoms with E-state index in [1.165, 1.54) is 0 Å². The number of benzene rings is 1. The molecule has 1 aliphatic rings. The molecule has 0 saturated heterocycles. The van der Waals surface area contributed by atoms with E-state index in [9.17, 15) is 0 Å². The lowest BCUT2D eigenvalue weighted by Gasteiger charge is -2.17. The SMILES string of the molecule is Cc1cc2cc3c(cc2c(C)[o+]1)OCO3.[O-][Cl+3]([O-])([O-])[O-]. The number of hydrogen-bond acceptors (Lipinski definition) is 6. The first kappa shape index (κ1) is 14.8. The quantitative estimate of drug-likeness (QED) is 0.532. The van der Waals surface area contributed by atoms with E-state index < -0.39 is 10.2 Å². The maximum Gasteiger partial charge on any atom is 0.334 e. The van der Waals surface area contributed by atoms with Gasteiger partial charge in [-0.25, -0.2) is 23.1 Å². The zero-order valence-electron chi connectivity index (χ0n) is 10.7. The summed E-state index contributed by atoms with van der Waals surface area (Å²) in [4.78, 5) is 0. The topological polar surface area (TPSA) is 122 Å². The first-order chi connectivity index (χ1) is 9.24. The van der Waals surface area contributed by atoms with Gasteiger partial charge in [-0.05, 0) is 6.07 Å². The van der Waals surface area contributed by atoms with Crippen LogP contribution in [-0.4, -0.2) is 6.79 Å². The van der Waals surface area contributed by atoms with Gasteiger partial charge in [0.15, 0.2) is 11.5 Å². The fraction of sp³-hybridized carbons (Fsp3) is 0.250. The van der Waals surface area contributed by atoms with Crippen LogP contribution < -0.4 is 28.1 Å². The van der Waals surface area contributed by atoms with E-state index in [2.05, 4.69) is 0 Å². The second-order valence-corrected chi connectivity index (χ2v) is 4.84. The molecule has 0 spiro atoms. The third-order valence-corrected chi connectivity index (χ3v) is 2.60. The molecule has 7 nitrogen and oxygen atoms in total. The average molecular weight is 303 g/mol. The molecule has 108 valence electrons. The van der Waals surface area contributed by atoms with Gasteiger partial charge in [0, 0.05) is 17.5 Å². The molecule has 2 heterocycles. The smallest absolute Gasteiger partial charge is 0.334 e. The van der Waals surface area contributed by atoms with Crippen LogP contribution in [0.3, 0.4) is 0 Å². The average Bonchev–Trinajstić information content (AvgIpc) is 2.71. The Balaban J connectivity index is 0.000000257. The van der Waals surface area contributed by atoms with Gasteiger partial charge in [-0.2, -0.15) is 0 Å². The zero-order valence-corrected chi connectivity index (χ0v) is 11.4. The summed E-state index contributed by atoms with van der Waals surface area (Å²) in [6.07, 6.45) is 0. The Morgan fingerprint density at radius 1 is 1.00 bits per heavy atom. The van der Waals surface area contributed by atoms with Gasteiger partial charge < -0.3 is 9.47 Å². The molecule has 0 bridgehead atoms. The second-order valence-electron chi connectivity index (χ2n) is 4.08. The van der Waals surface area contributed by atoms with E-state index in [4.69, 9.17) is 32.5 Å². The number of aryl methyl sites for hydroxylation is 2. The molecule has 0 aliphatic carbocycles. The Morgan fingerprint density at radius 2 is 1.55 bits per heavy atom. The molecular formula is C12H11ClO7. The minimum atomic E-state index is -4.94. The van der Waals surface area contributed by atoms with Crippen molar-refractivity contribution in [2.45, 2.75) is 13.8 Å². The second kappa shape index (κ2) is 5.39. The van der Waals surface area contributed by atoms with E-state index >= 15 is 0 Å². The van der Waals surface area contributed by atoms with Crippen LogP contribution >= 0.6 is 0 Å². The molecule has 0 amide bonds. The minimum absolute atomic E-state index is 0.306. The van der Waals surface area contributed by atoms with Crippen molar-refractivity contribution in [1.29, 1.82) is 0 Å². The Morgan fingerprint density at radius 3 is 2.15 bits per heavy atom. The number of halogens is 1. The Bertz CT molecular complexity index is 630. The molecule has 3 rings (SSSR count). The molecule has 0 unspecified atom stereocenters. The molecule has 20 heavy (non-hydrogen) atoms. The number of hydrogen-bond donors (Lipinski definition) is 0. The maximum atomic E-state index is 8.49. The van der Waals surface area contributed by atoms with Crippen LogP contribution in [0.5, 0.6) is 11.5 Å². The first-order valence-electron chi connectivity index (χ1n) is 5.49. The van der Waals surface area contributed by atoms with Crippen LogP contribution in [0, 0.1) is 24.1 Å². The van der Waals surface area contributed by atoms with Gasteiger partial charge in [0.2, 0.25) is 6.79 Å². The van der Waals surface area contributed by atoms with Crippen LogP contribution in [0.25, 0.3) is 10.8 Å². The van der Waals surface area contributed by atoms with Crippen molar-refractivity contribution in [1.82, 2.24) is 0 Å². The Hall–Kier alpha value is -1.64. The third kappa shape index (κ3) is 3.69. The van der Waals surface area contributed by atoms with Gasteiger partial charge in [-0.15, -0.1) is 10.2 Å². The van der Waals surface area contributed by atoms with Gasteiger partial charge >= 0.3 is 11.5 Å². The summed E-state index contributed by atoms with van der Waals surface area (Å²) in [5.74, 6) is 3.42. The highest BCUT2D eigenvalue weighted by Crippen LogP contribution is 2.37. The Kier molecular flexibility index (Phi) is 3.98. The molecule has 0 N–H and O–H groups in total. The van der Waals surface area contributed by atoms with Crippen LogP contribution in [-0.2, 0) is 0 Å². The fourth-order valence-corrected chi connectivity index (χ4v) is 1.93. The van der Waals surface area contributed by atoms with E-state index in [-0.39, 0.29) is 0 Å². The van der Waals surface area contributed by atoms with E-state index in [0.29, 0.717) is 6.79 Å². The van der Waals surface area contributed by atoms with Crippen LogP contribution in [0.15, 0.2) is 22.6 Å². The molecule has 1 aliphatic heterocycles. The third-order valence-electron chi connectivity index (χ3n) is 2.60. The fourth-order valence-electron chi connectivity index (χ4n) is 1.93. The van der Waals surface area contributed by atoms with Gasteiger partial charge in [0.1, 0.15) is 0 Å². The van der Waals surface area contributed by atoms with Crippen molar-refractivity contribution in [2.24, 2.45) is 0 Å². The summed E-state index contributed by atoms with van der Waals surface area (Å²) in [5.41, 5.74) is 0. The molecule has 0 atom stereocenters. The standard InChI is InChI=1S/C12H11O3.ClHO4/c1-7-3-9-4-11-12(14-6-13-11)5-10(9)8(2)15-7;2-1(3,4)5/h3-5H,6H2,1-2H3;(H,2,3,4,5)/q+1;/p-1. The summed E-state index contributed by atoms with van der Waals surface area (Å²) in [6.45, 7) is 4.20. The van der Waals surface area contributed by atoms with E-state index in [1.54, 1.807) is 0 Å². The lowest BCUT2D eigenvalue weighted by molar-refractivity contribution is -2.00. The highest BCUT2D eigenvalue weighted by Gasteiger charge is 2.19. The Labute approximate surface area is 116 Å². The molecule has 0 radical (unpaired) electrons. The highest BCUT2D eigenvalue weighted by molar-refractivity contribution is 5.87. The molecule has 8 heteroatoms. The summed E-state index contributed by atoms with van der Waals surface area (Å²) in [6, 6.07) is 5.97. The van der Waals surface area contributed by atoms with E-state index in [0.717, 1.165) is 33.8 Å². The van der Waals surface area contributed by atoms with Crippen molar-refractivity contribution >= 4 is 10.8 Å². The lowest BCUT2D eigenvalue weighted by atomic mass is 10.1. The summed E-state index contributed by atoms with van der Waals surface area (Å²) >= 11 is 0. The van der Waals surface area contributed by atoms with Gasteiger partial charge in [-0.1, -0.05) is 0 Å². The van der Waals surface area contributed by atoms with Crippen LogP contribution in [0.1, 0.15) is 11.5 Å². The number of fused-ring (bicyclic) bond motifs is 2. The molecular weight excluding hydrogens is 292 g/mol. The van der Waals surface area contributed by atoms with Crippen molar-refractivity contribution in [3.05, 3.63) is 29.7 Å². The maximum absolute atomic E-state index is 8.49. The number of rotatable bonds is 0. The van der Waals surface area contributed by atoms with Crippen molar-refractivity contribution in [3.63, 3.8) is 0 Å². The highest BCUT2D eigenvalue weighted by atomic mass is 35.7. The summed E-state index contributed by atoms with van der Waals surface area (Å²) in [5, 5.41) is 2.20. The largest absolute Gasteiger partial charge is 0.454 e. The zero-order chi connectivity index (χ0) is 14.9. The van der Waals surface area contributed by atoms with Crippen molar-refractivity contribution in [2.75, 3.05) is 6.79 Å². The lowest BCUT2D eigenvalue weighted by Crippen LogP contribution is -2.68. The number of ether oxygens (including phenoxy) is 2. The molecule has 0 saturated carbocycles. The molecule has 0 fully saturated rings. The van der Waals surface area contributed by atoms with Crippen LogP contribution in [0.4, 0.5) is 0 Å². The summed E-state index contributed by atoms with van der Waals surface area (Å²) < 4.78 is 50.2. The molecule has 2 aromatic rings. The molecule has 1 aromatic carbocycles. The van der Waals surface area contributed by atoms with Gasteiger partial charge in [0.25, 0.3) is 0 Å². The minimum Gasteiger partial charge on any atom is -0.454 e. The van der Waals surface area contributed by atoms with Gasteiger partial charge in [0.05, 0.1) is 19.2 Å². The monoisotopic (exact) mass is 302 g/mol. The van der Waals surface area contributed by atoms with E-state index in [1.807, 2.05) is 32.0 Å². The predicted octanol–water partition coefficient (Wildman–Crippen LogP) is -1.70. The molecule has 1 aromatic heterocycles.